The number of ether oxygens (including phenoxy) is 4. The first-order chi connectivity index (χ1) is 13.6. The van der Waals surface area contributed by atoms with Crippen molar-refractivity contribution >= 4 is 34.3 Å². The molecule has 1 unspecified atom stereocenters. The van der Waals surface area contributed by atoms with Crippen molar-refractivity contribution in [2.75, 3.05) is 12.9 Å². The normalized spacial score (nSPS) is 35.8. The molecule has 0 aromatic heterocycles. The highest BCUT2D eigenvalue weighted by Crippen LogP contribution is 2.58. The van der Waals surface area contributed by atoms with Gasteiger partial charge in [-0.2, -0.15) is 0 Å². The van der Waals surface area contributed by atoms with E-state index in [1.165, 1.54) is 11.8 Å². The van der Waals surface area contributed by atoms with Crippen LogP contribution in [0.5, 0.6) is 0 Å². The summed E-state index contributed by atoms with van der Waals surface area (Å²) in [5.74, 6) is -0.336. The molecule has 7 heteroatoms. The summed E-state index contributed by atoms with van der Waals surface area (Å²) in [4.78, 5) is 12.9. The van der Waals surface area contributed by atoms with Gasteiger partial charge in [0.05, 0.1) is 13.2 Å². The number of carbonyl (C=O) groups excluding carboxylic acids is 1. The fourth-order valence-corrected chi connectivity index (χ4v) is 4.66. The number of esters is 1. The van der Waals surface area contributed by atoms with E-state index in [4.69, 9.17) is 31.2 Å². The topological polar surface area (TPSA) is 54.0 Å². The summed E-state index contributed by atoms with van der Waals surface area (Å²) in [6, 6.07) is 9.91. The molecule has 28 heavy (non-hydrogen) atoms. The van der Waals surface area contributed by atoms with Gasteiger partial charge in [-0.3, -0.25) is 4.79 Å². The van der Waals surface area contributed by atoms with E-state index in [-0.39, 0.29) is 12.1 Å². The second-order valence-corrected chi connectivity index (χ2v) is 8.46. The van der Waals surface area contributed by atoms with Gasteiger partial charge in [0.2, 0.25) is 4.38 Å². The van der Waals surface area contributed by atoms with Crippen molar-refractivity contribution in [2.45, 2.75) is 36.9 Å². The van der Waals surface area contributed by atoms with Crippen molar-refractivity contribution in [3.63, 3.8) is 0 Å². The van der Waals surface area contributed by atoms with E-state index in [0.717, 1.165) is 5.56 Å². The fourth-order valence-electron chi connectivity index (χ4n) is 4.35. The van der Waals surface area contributed by atoms with Gasteiger partial charge in [0.1, 0.15) is 29.3 Å². The Bertz CT molecular complexity index is 810. The zero-order chi connectivity index (χ0) is 19.8. The number of fused-ring (bicyclic) bond motifs is 3. The highest BCUT2D eigenvalue weighted by Gasteiger charge is 2.73. The molecule has 2 saturated heterocycles. The summed E-state index contributed by atoms with van der Waals surface area (Å²) < 4.78 is 24.3. The first-order valence-corrected chi connectivity index (χ1v) is 10.8. The van der Waals surface area contributed by atoms with Gasteiger partial charge < -0.3 is 18.9 Å². The van der Waals surface area contributed by atoms with Crippen LogP contribution in [0, 0.1) is 5.41 Å². The van der Waals surface area contributed by atoms with Crippen LogP contribution in [0.15, 0.2) is 55.1 Å². The molecule has 0 N–H and O–H groups in total. The van der Waals surface area contributed by atoms with Gasteiger partial charge >= 0.3 is 5.97 Å². The summed E-state index contributed by atoms with van der Waals surface area (Å²) in [7, 11) is 0. The maximum absolute atomic E-state index is 12.9. The fraction of sp³-hybridized carbons (Fsp3) is 0.429. The van der Waals surface area contributed by atoms with Gasteiger partial charge in [-0.15, -0.1) is 0 Å². The molecule has 4 rings (SSSR count). The first kappa shape index (κ1) is 19.6. The molecule has 1 spiro atoms. The zero-order valence-corrected chi connectivity index (χ0v) is 17.2. The standard InChI is InChI=1S/C21H22O5S2/c1-3-20-10-9-15(24-13-14-7-5-4-6-8-14)16(26-20)17(25-19(27)28-2)21(20)11-12-23-18(21)22/h3-10,15-17H,1,11-13H2,2H3/t15-,16?,17+,20+,21+/m0/s1. The number of cyclic esters (lactones) is 1. The van der Waals surface area contributed by atoms with Crippen molar-refractivity contribution in [1.82, 2.24) is 0 Å². The predicted molar refractivity (Wildman–Crippen MR) is 111 cm³/mol. The largest absolute Gasteiger partial charge is 0.471 e. The van der Waals surface area contributed by atoms with E-state index in [2.05, 4.69) is 6.58 Å². The molecular weight excluding hydrogens is 396 g/mol. The Kier molecular flexibility index (Phi) is 5.35. The molecule has 3 aliphatic rings. The smallest absolute Gasteiger partial charge is 0.319 e. The predicted octanol–water partition coefficient (Wildman–Crippen LogP) is 3.43. The van der Waals surface area contributed by atoms with E-state index in [9.17, 15) is 4.79 Å². The third-order valence-corrected chi connectivity index (χ3v) is 6.77. The van der Waals surface area contributed by atoms with Crippen LogP contribution in [0.25, 0.3) is 0 Å². The lowest BCUT2D eigenvalue weighted by atomic mass is 9.68. The van der Waals surface area contributed by atoms with Crippen LogP contribution in [0.2, 0.25) is 0 Å². The number of thioether (sulfide) groups is 1. The molecule has 0 saturated carbocycles. The lowest BCUT2D eigenvalue weighted by molar-refractivity contribution is -0.153. The number of carbonyl (C=O) groups is 1. The average molecular weight is 419 g/mol. The van der Waals surface area contributed by atoms with Gasteiger partial charge in [0, 0.05) is 6.42 Å². The van der Waals surface area contributed by atoms with Crippen LogP contribution in [-0.2, 0) is 30.3 Å². The second kappa shape index (κ2) is 7.63. The molecule has 0 amide bonds. The van der Waals surface area contributed by atoms with Crippen molar-refractivity contribution < 1.29 is 23.7 Å². The monoisotopic (exact) mass is 418 g/mol. The van der Waals surface area contributed by atoms with E-state index in [1.54, 1.807) is 6.08 Å². The summed E-state index contributed by atoms with van der Waals surface area (Å²) in [5, 5.41) is 0. The van der Waals surface area contributed by atoms with E-state index < -0.39 is 23.2 Å². The summed E-state index contributed by atoms with van der Waals surface area (Å²) in [6.45, 7) is 4.69. The maximum Gasteiger partial charge on any atom is 0.319 e. The molecule has 1 aromatic rings. The molecule has 0 aliphatic carbocycles. The molecule has 2 bridgehead atoms. The molecule has 148 valence electrons. The third-order valence-electron chi connectivity index (χ3n) is 5.74. The Hall–Kier alpha value is -1.67. The van der Waals surface area contributed by atoms with Crippen molar-refractivity contribution in [2.24, 2.45) is 5.41 Å². The highest BCUT2D eigenvalue weighted by atomic mass is 32.2. The van der Waals surface area contributed by atoms with Crippen LogP contribution in [0.1, 0.15) is 12.0 Å². The van der Waals surface area contributed by atoms with Crippen LogP contribution in [0.4, 0.5) is 0 Å². The lowest BCUT2D eigenvalue weighted by Gasteiger charge is -2.36. The summed E-state index contributed by atoms with van der Waals surface area (Å²) >= 11 is 6.63. The number of benzene rings is 1. The summed E-state index contributed by atoms with van der Waals surface area (Å²) in [5.41, 5.74) is -0.946. The molecule has 5 atom stereocenters. The van der Waals surface area contributed by atoms with Crippen LogP contribution >= 0.6 is 24.0 Å². The Morgan fingerprint density at radius 2 is 2.21 bits per heavy atom. The Morgan fingerprint density at radius 3 is 2.86 bits per heavy atom. The quantitative estimate of drug-likeness (QED) is 0.412. The number of rotatable bonds is 5. The van der Waals surface area contributed by atoms with E-state index in [1.807, 2.05) is 48.7 Å². The Balaban J connectivity index is 1.66. The van der Waals surface area contributed by atoms with Crippen LogP contribution < -0.4 is 0 Å². The molecule has 3 heterocycles. The van der Waals surface area contributed by atoms with Gasteiger partial charge in [0.15, 0.2) is 0 Å². The number of hydrogen-bond acceptors (Lipinski definition) is 7. The minimum Gasteiger partial charge on any atom is -0.471 e. The van der Waals surface area contributed by atoms with Crippen LogP contribution in [-0.4, -0.2) is 47.1 Å². The minimum absolute atomic E-state index is 0.319. The van der Waals surface area contributed by atoms with Gasteiger partial charge in [-0.1, -0.05) is 60.8 Å². The van der Waals surface area contributed by atoms with E-state index in [0.29, 0.717) is 24.0 Å². The van der Waals surface area contributed by atoms with Crippen molar-refractivity contribution in [3.05, 3.63) is 60.7 Å². The Morgan fingerprint density at radius 1 is 1.43 bits per heavy atom. The third kappa shape index (κ3) is 2.92. The average Bonchev–Trinajstić information content (AvgIpc) is 3.22. The Labute approximate surface area is 174 Å². The molecular formula is C21H22O5S2. The molecule has 3 aliphatic heterocycles. The van der Waals surface area contributed by atoms with Crippen LogP contribution in [0.3, 0.4) is 0 Å². The first-order valence-electron chi connectivity index (χ1n) is 9.14. The molecule has 0 radical (unpaired) electrons. The number of hydrogen-bond donors (Lipinski definition) is 0. The van der Waals surface area contributed by atoms with Gasteiger partial charge in [0.25, 0.3) is 0 Å². The van der Waals surface area contributed by atoms with E-state index >= 15 is 0 Å². The van der Waals surface area contributed by atoms with Gasteiger partial charge in [-0.05, 0) is 30.1 Å². The maximum atomic E-state index is 12.9. The zero-order valence-electron chi connectivity index (χ0n) is 15.5. The SMILES string of the molecule is C=C[C@]12C=C[C@H](OCc3ccccc3)C(O1)[C@@H](OC(=S)SC)[C@@]21CCOC1=O. The second-order valence-electron chi connectivity index (χ2n) is 7.05. The lowest BCUT2D eigenvalue weighted by Crippen LogP contribution is -2.52. The molecule has 2 fully saturated rings. The number of thiocarbonyl (C=S) groups is 1. The highest BCUT2D eigenvalue weighted by molar-refractivity contribution is 8.22. The minimum atomic E-state index is -1.01. The summed E-state index contributed by atoms with van der Waals surface area (Å²) in [6.07, 6.45) is 6.30. The molecule has 5 nitrogen and oxygen atoms in total. The van der Waals surface area contributed by atoms with Crippen molar-refractivity contribution in [3.8, 4) is 0 Å². The van der Waals surface area contributed by atoms with Gasteiger partial charge in [-0.25, -0.2) is 0 Å². The molecule has 1 aromatic carbocycles. The van der Waals surface area contributed by atoms with Crippen molar-refractivity contribution in [1.29, 1.82) is 0 Å².